The lowest BCUT2D eigenvalue weighted by molar-refractivity contribution is -0.169. The average molecular weight is 454 g/mol. The van der Waals surface area contributed by atoms with Gasteiger partial charge in [-0.3, -0.25) is 14.4 Å². The van der Waals surface area contributed by atoms with Gasteiger partial charge >= 0.3 is 0 Å². The molecule has 3 saturated heterocycles. The Labute approximate surface area is 191 Å². The molecule has 4 heterocycles. The maximum Gasteiger partial charge on any atom is 0.289 e. The summed E-state index contributed by atoms with van der Waals surface area (Å²) in [6.45, 7) is 5.31. The second kappa shape index (κ2) is 8.31. The van der Waals surface area contributed by atoms with E-state index in [1.807, 2.05) is 4.90 Å². The standard InChI is InChI=1S/C24H27N3O4S/c1-15-5-6-17(12-16(15)2)21-22(26-14-32-13-20(26)28)24(30)27(21)18-7-9-25(10-8-18)23(29)19-4-3-11-31-19/h3-6,11-12,18,21-22H,7-10,13-14H2,1-2H3/t21-,22-/m1/s1. The normalized spacial score (nSPS) is 24.2. The number of carbonyl (C=O) groups is 3. The van der Waals surface area contributed by atoms with E-state index in [0.717, 1.165) is 18.4 Å². The number of β-lactam (4-membered cyclic amide) rings is 1. The topological polar surface area (TPSA) is 74.1 Å². The zero-order valence-corrected chi connectivity index (χ0v) is 19.1. The van der Waals surface area contributed by atoms with Gasteiger partial charge in [-0.2, -0.15) is 0 Å². The smallest absolute Gasteiger partial charge is 0.289 e. The van der Waals surface area contributed by atoms with Gasteiger partial charge in [0.15, 0.2) is 5.76 Å². The molecule has 0 aliphatic carbocycles. The number of likely N-dealkylation sites (tertiary alicyclic amines) is 2. The van der Waals surface area contributed by atoms with Crippen LogP contribution in [0.5, 0.6) is 0 Å². The molecule has 0 saturated carbocycles. The van der Waals surface area contributed by atoms with E-state index in [0.29, 0.717) is 30.5 Å². The van der Waals surface area contributed by atoms with Gasteiger partial charge in [-0.1, -0.05) is 18.2 Å². The molecule has 3 aliphatic rings. The largest absolute Gasteiger partial charge is 0.459 e. The fourth-order valence-electron chi connectivity index (χ4n) is 5.02. The quantitative estimate of drug-likeness (QED) is 0.666. The second-order valence-electron chi connectivity index (χ2n) is 8.82. The van der Waals surface area contributed by atoms with Crippen molar-refractivity contribution in [1.29, 1.82) is 0 Å². The Balaban J connectivity index is 1.36. The molecular weight excluding hydrogens is 426 g/mol. The van der Waals surface area contributed by atoms with Gasteiger partial charge < -0.3 is 19.1 Å². The molecule has 1 aromatic carbocycles. The SMILES string of the molecule is Cc1ccc([C@@H]2[C@@H](N3CSCC3=O)C(=O)N2C2CCN(C(=O)c3ccco3)CC2)cc1C. The van der Waals surface area contributed by atoms with Gasteiger partial charge in [0.2, 0.25) is 11.8 Å². The fraction of sp³-hybridized carbons (Fsp3) is 0.458. The van der Waals surface area contributed by atoms with Crippen LogP contribution >= 0.6 is 11.8 Å². The van der Waals surface area contributed by atoms with Crippen LogP contribution in [0.1, 0.15) is 46.1 Å². The van der Waals surface area contributed by atoms with E-state index in [2.05, 4.69) is 32.0 Å². The Kier molecular flexibility index (Phi) is 5.49. The van der Waals surface area contributed by atoms with E-state index < -0.39 is 6.04 Å². The first-order valence-electron chi connectivity index (χ1n) is 11.0. The highest BCUT2D eigenvalue weighted by Crippen LogP contribution is 2.44. The molecular formula is C24H27N3O4S. The van der Waals surface area contributed by atoms with Crippen molar-refractivity contribution in [2.75, 3.05) is 24.7 Å². The van der Waals surface area contributed by atoms with E-state index >= 15 is 0 Å². The molecule has 7 nitrogen and oxygen atoms in total. The summed E-state index contributed by atoms with van der Waals surface area (Å²) in [5, 5.41) is 0. The summed E-state index contributed by atoms with van der Waals surface area (Å²) in [5.41, 5.74) is 3.47. The van der Waals surface area contributed by atoms with E-state index in [-0.39, 0.29) is 29.8 Å². The summed E-state index contributed by atoms with van der Waals surface area (Å²) in [5.74, 6) is 1.32. The predicted octanol–water partition coefficient (Wildman–Crippen LogP) is 2.99. The van der Waals surface area contributed by atoms with Gasteiger partial charge in [-0.05, 0) is 55.5 Å². The van der Waals surface area contributed by atoms with Gasteiger partial charge in [0.1, 0.15) is 6.04 Å². The molecule has 32 heavy (non-hydrogen) atoms. The number of hydrogen-bond donors (Lipinski definition) is 0. The van der Waals surface area contributed by atoms with E-state index in [1.54, 1.807) is 33.7 Å². The molecule has 0 unspecified atom stereocenters. The number of aryl methyl sites for hydroxylation is 2. The van der Waals surface area contributed by atoms with E-state index in [4.69, 9.17) is 4.42 Å². The summed E-state index contributed by atoms with van der Waals surface area (Å²) in [6, 6.07) is 9.20. The Morgan fingerprint density at radius 2 is 1.84 bits per heavy atom. The van der Waals surface area contributed by atoms with Crippen molar-refractivity contribution in [2.24, 2.45) is 0 Å². The van der Waals surface area contributed by atoms with E-state index in [9.17, 15) is 14.4 Å². The minimum atomic E-state index is -0.428. The van der Waals surface area contributed by atoms with Crippen LogP contribution in [0.4, 0.5) is 0 Å². The number of piperidine rings is 1. The van der Waals surface area contributed by atoms with Crippen molar-refractivity contribution in [3.05, 3.63) is 59.0 Å². The monoisotopic (exact) mass is 453 g/mol. The van der Waals surface area contributed by atoms with Crippen LogP contribution in [-0.2, 0) is 9.59 Å². The molecule has 3 aliphatic heterocycles. The number of furan rings is 1. The van der Waals surface area contributed by atoms with Gasteiger partial charge in [-0.15, -0.1) is 11.8 Å². The zero-order valence-electron chi connectivity index (χ0n) is 18.3. The predicted molar refractivity (Wildman–Crippen MR) is 121 cm³/mol. The van der Waals surface area contributed by atoms with Crippen molar-refractivity contribution in [1.82, 2.24) is 14.7 Å². The van der Waals surface area contributed by atoms with Crippen LogP contribution in [-0.4, -0.2) is 69.2 Å². The summed E-state index contributed by atoms with van der Waals surface area (Å²) in [6.07, 6.45) is 2.94. The molecule has 1 aromatic heterocycles. The number of rotatable bonds is 4. The summed E-state index contributed by atoms with van der Waals surface area (Å²) >= 11 is 1.56. The molecule has 2 aromatic rings. The molecule has 0 bridgehead atoms. The first kappa shape index (κ1) is 21.1. The summed E-state index contributed by atoms with van der Waals surface area (Å²) in [4.78, 5) is 43.9. The lowest BCUT2D eigenvalue weighted by Crippen LogP contribution is -2.69. The molecule has 3 amide bonds. The average Bonchev–Trinajstić information content (AvgIpc) is 3.47. The number of hydrogen-bond acceptors (Lipinski definition) is 5. The van der Waals surface area contributed by atoms with Crippen molar-refractivity contribution < 1.29 is 18.8 Å². The van der Waals surface area contributed by atoms with Crippen LogP contribution < -0.4 is 0 Å². The molecule has 0 N–H and O–H groups in total. The van der Waals surface area contributed by atoms with Crippen molar-refractivity contribution in [3.63, 3.8) is 0 Å². The summed E-state index contributed by atoms with van der Waals surface area (Å²) < 4.78 is 5.25. The lowest BCUT2D eigenvalue weighted by atomic mass is 9.83. The Bertz CT molecular complexity index is 1050. The van der Waals surface area contributed by atoms with Gasteiger partial charge in [0.25, 0.3) is 5.91 Å². The van der Waals surface area contributed by atoms with Crippen LogP contribution in [0.15, 0.2) is 41.0 Å². The minimum Gasteiger partial charge on any atom is -0.459 e. The van der Waals surface area contributed by atoms with Crippen LogP contribution in [0.25, 0.3) is 0 Å². The Morgan fingerprint density at radius 1 is 1.06 bits per heavy atom. The van der Waals surface area contributed by atoms with Gasteiger partial charge in [-0.25, -0.2) is 0 Å². The number of thioether (sulfide) groups is 1. The number of nitrogens with zero attached hydrogens (tertiary/aromatic N) is 3. The molecule has 2 atom stereocenters. The van der Waals surface area contributed by atoms with Crippen molar-refractivity contribution in [2.45, 2.75) is 44.8 Å². The number of amides is 3. The maximum atomic E-state index is 13.4. The van der Waals surface area contributed by atoms with Gasteiger partial charge in [0.05, 0.1) is 23.9 Å². The Hall–Kier alpha value is -2.74. The Morgan fingerprint density at radius 3 is 2.47 bits per heavy atom. The van der Waals surface area contributed by atoms with Crippen LogP contribution in [0.2, 0.25) is 0 Å². The van der Waals surface area contributed by atoms with Crippen LogP contribution in [0, 0.1) is 13.8 Å². The molecule has 0 spiro atoms. The second-order valence-corrected chi connectivity index (χ2v) is 9.78. The first-order valence-corrected chi connectivity index (χ1v) is 12.2. The van der Waals surface area contributed by atoms with Crippen molar-refractivity contribution in [3.8, 4) is 0 Å². The summed E-state index contributed by atoms with van der Waals surface area (Å²) in [7, 11) is 0. The fourth-order valence-corrected chi connectivity index (χ4v) is 5.96. The minimum absolute atomic E-state index is 0.0277. The highest BCUT2D eigenvalue weighted by atomic mass is 32.2. The molecule has 168 valence electrons. The third-order valence-corrected chi connectivity index (χ3v) is 7.88. The van der Waals surface area contributed by atoms with Gasteiger partial charge in [0, 0.05) is 19.1 Å². The number of benzene rings is 1. The molecule has 0 radical (unpaired) electrons. The zero-order chi connectivity index (χ0) is 22.4. The lowest BCUT2D eigenvalue weighted by Gasteiger charge is -2.55. The molecule has 3 fully saturated rings. The molecule has 5 rings (SSSR count). The number of carbonyl (C=O) groups excluding carboxylic acids is 3. The third kappa shape index (κ3) is 3.50. The third-order valence-electron chi connectivity index (χ3n) is 6.97. The molecule has 8 heteroatoms. The van der Waals surface area contributed by atoms with Crippen molar-refractivity contribution >= 4 is 29.5 Å². The first-order chi connectivity index (χ1) is 15.5. The highest BCUT2D eigenvalue weighted by Gasteiger charge is 2.55. The van der Waals surface area contributed by atoms with Crippen LogP contribution in [0.3, 0.4) is 0 Å². The highest BCUT2D eigenvalue weighted by molar-refractivity contribution is 8.00. The van der Waals surface area contributed by atoms with E-state index in [1.165, 1.54) is 17.4 Å². The maximum absolute atomic E-state index is 13.4.